The molecular weight excluding hydrogens is 244 g/mol. The number of ether oxygens (including phenoxy) is 1. The van der Waals surface area contributed by atoms with Gasteiger partial charge in [0, 0.05) is 9.79 Å². The molecule has 0 unspecified atom stereocenters. The van der Waals surface area contributed by atoms with Crippen molar-refractivity contribution in [2.24, 2.45) is 0 Å². The number of methoxy groups -OCH3 is 1. The molecule has 2 aromatic carbocycles. The van der Waals surface area contributed by atoms with E-state index in [1.165, 1.54) is 17.6 Å². The molecule has 0 aliphatic rings. The smallest absolute Gasteiger partial charge is 0.337 e. The Balaban J connectivity index is 2.10. The lowest BCUT2D eigenvalue weighted by molar-refractivity contribution is 0.0600. The van der Waals surface area contributed by atoms with Crippen LogP contribution in [0.15, 0.2) is 58.3 Å². The van der Waals surface area contributed by atoms with Crippen LogP contribution in [0.2, 0.25) is 0 Å². The maximum Gasteiger partial charge on any atom is 0.337 e. The molecule has 0 bridgehead atoms. The number of aryl methyl sites for hydroxylation is 1. The highest BCUT2D eigenvalue weighted by Crippen LogP contribution is 2.27. The fourth-order valence-electron chi connectivity index (χ4n) is 1.52. The molecule has 0 fully saturated rings. The summed E-state index contributed by atoms with van der Waals surface area (Å²) in [4.78, 5) is 13.6. The van der Waals surface area contributed by atoms with E-state index in [2.05, 4.69) is 35.9 Å². The zero-order valence-electron chi connectivity index (χ0n) is 10.3. The Hall–Kier alpha value is -1.74. The number of rotatable bonds is 3. The van der Waals surface area contributed by atoms with Crippen LogP contribution in [-0.4, -0.2) is 13.1 Å². The van der Waals surface area contributed by atoms with Gasteiger partial charge >= 0.3 is 5.97 Å². The summed E-state index contributed by atoms with van der Waals surface area (Å²) < 4.78 is 4.66. The van der Waals surface area contributed by atoms with Crippen LogP contribution in [0.4, 0.5) is 0 Å². The van der Waals surface area contributed by atoms with E-state index in [4.69, 9.17) is 0 Å². The zero-order chi connectivity index (χ0) is 13.0. The van der Waals surface area contributed by atoms with Gasteiger partial charge in [-0.1, -0.05) is 29.5 Å². The first-order valence-electron chi connectivity index (χ1n) is 5.62. The van der Waals surface area contributed by atoms with Gasteiger partial charge in [-0.2, -0.15) is 0 Å². The maximum atomic E-state index is 11.3. The molecule has 0 aromatic heterocycles. The molecule has 92 valence electrons. The van der Waals surface area contributed by atoms with Crippen molar-refractivity contribution in [1.29, 1.82) is 0 Å². The van der Waals surface area contributed by atoms with Crippen LogP contribution in [-0.2, 0) is 4.74 Å². The third-order valence-electron chi connectivity index (χ3n) is 2.53. The molecule has 0 heterocycles. The van der Waals surface area contributed by atoms with Crippen molar-refractivity contribution in [2.75, 3.05) is 7.11 Å². The lowest BCUT2D eigenvalue weighted by atomic mass is 10.2. The summed E-state index contributed by atoms with van der Waals surface area (Å²) in [6.07, 6.45) is 0. The Morgan fingerprint density at radius 2 is 1.44 bits per heavy atom. The van der Waals surface area contributed by atoms with Crippen LogP contribution in [0, 0.1) is 6.92 Å². The molecule has 2 nitrogen and oxygen atoms in total. The van der Waals surface area contributed by atoms with Gasteiger partial charge < -0.3 is 4.74 Å². The van der Waals surface area contributed by atoms with Crippen LogP contribution in [0.1, 0.15) is 15.9 Å². The van der Waals surface area contributed by atoms with Crippen LogP contribution in [0.5, 0.6) is 0 Å². The molecule has 0 amide bonds. The van der Waals surface area contributed by atoms with Gasteiger partial charge in [0.15, 0.2) is 0 Å². The summed E-state index contributed by atoms with van der Waals surface area (Å²) in [6, 6.07) is 15.8. The zero-order valence-corrected chi connectivity index (χ0v) is 11.2. The molecule has 0 aliphatic heterocycles. The van der Waals surface area contributed by atoms with E-state index in [1.807, 2.05) is 12.1 Å². The molecule has 0 aliphatic carbocycles. The lowest BCUT2D eigenvalue weighted by Crippen LogP contribution is -2.00. The first-order valence-corrected chi connectivity index (χ1v) is 6.43. The molecule has 0 saturated heterocycles. The van der Waals surface area contributed by atoms with Crippen molar-refractivity contribution in [3.8, 4) is 0 Å². The SMILES string of the molecule is COC(=O)c1ccc(Sc2ccc(C)cc2)cc1. The maximum absolute atomic E-state index is 11.3. The highest BCUT2D eigenvalue weighted by atomic mass is 32.2. The van der Waals surface area contributed by atoms with Crippen molar-refractivity contribution >= 4 is 17.7 Å². The Labute approximate surface area is 111 Å². The van der Waals surface area contributed by atoms with Crippen LogP contribution < -0.4 is 0 Å². The van der Waals surface area contributed by atoms with Crippen LogP contribution in [0.3, 0.4) is 0 Å². The van der Waals surface area contributed by atoms with E-state index >= 15 is 0 Å². The Bertz CT molecular complexity index is 529. The predicted molar refractivity (Wildman–Crippen MR) is 73.1 cm³/mol. The van der Waals surface area contributed by atoms with Gasteiger partial charge in [0.2, 0.25) is 0 Å². The van der Waals surface area contributed by atoms with Gasteiger partial charge in [0.1, 0.15) is 0 Å². The first-order chi connectivity index (χ1) is 8.69. The summed E-state index contributed by atoms with van der Waals surface area (Å²) in [5.41, 5.74) is 1.83. The topological polar surface area (TPSA) is 26.3 Å². The minimum Gasteiger partial charge on any atom is -0.465 e. The standard InChI is InChI=1S/C15H14O2S/c1-11-3-7-13(8-4-11)18-14-9-5-12(6-10-14)15(16)17-2/h3-10H,1-2H3. The van der Waals surface area contributed by atoms with E-state index in [0.29, 0.717) is 5.56 Å². The van der Waals surface area contributed by atoms with Crippen LogP contribution in [0.25, 0.3) is 0 Å². The Kier molecular flexibility index (Phi) is 4.05. The summed E-state index contributed by atoms with van der Waals surface area (Å²) in [6.45, 7) is 2.07. The summed E-state index contributed by atoms with van der Waals surface area (Å²) in [5, 5.41) is 0. The number of carbonyl (C=O) groups is 1. The molecular formula is C15H14O2S. The molecule has 18 heavy (non-hydrogen) atoms. The summed E-state index contributed by atoms with van der Waals surface area (Å²) in [5.74, 6) is -0.304. The van der Waals surface area contributed by atoms with Crippen molar-refractivity contribution in [1.82, 2.24) is 0 Å². The average Bonchev–Trinajstić information content (AvgIpc) is 2.41. The minimum absolute atomic E-state index is 0.304. The Morgan fingerprint density at radius 1 is 0.944 bits per heavy atom. The molecule has 2 aromatic rings. The quantitative estimate of drug-likeness (QED) is 0.780. The number of hydrogen-bond acceptors (Lipinski definition) is 3. The average molecular weight is 258 g/mol. The number of carbonyl (C=O) groups excluding carboxylic acids is 1. The normalized spacial score (nSPS) is 10.1. The fourth-order valence-corrected chi connectivity index (χ4v) is 2.34. The van der Waals surface area contributed by atoms with E-state index in [9.17, 15) is 4.79 Å². The van der Waals surface area contributed by atoms with E-state index in [-0.39, 0.29) is 5.97 Å². The van der Waals surface area contributed by atoms with Crippen molar-refractivity contribution in [2.45, 2.75) is 16.7 Å². The van der Waals surface area contributed by atoms with Gasteiger partial charge in [-0.25, -0.2) is 4.79 Å². The monoisotopic (exact) mass is 258 g/mol. The molecule has 0 N–H and O–H groups in total. The Morgan fingerprint density at radius 3 is 1.94 bits per heavy atom. The molecule has 0 atom stereocenters. The third-order valence-corrected chi connectivity index (χ3v) is 3.55. The minimum atomic E-state index is -0.304. The second-order valence-corrected chi connectivity index (χ2v) is 5.08. The van der Waals surface area contributed by atoms with E-state index in [0.717, 1.165) is 4.90 Å². The first kappa shape index (κ1) is 12.7. The van der Waals surface area contributed by atoms with Gasteiger partial charge in [-0.3, -0.25) is 0 Å². The van der Waals surface area contributed by atoms with Gasteiger partial charge in [-0.15, -0.1) is 0 Å². The van der Waals surface area contributed by atoms with Gasteiger partial charge in [0.05, 0.1) is 12.7 Å². The number of benzene rings is 2. The molecule has 0 radical (unpaired) electrons. The predicted octanol–water partition coefficient (Wildman–Crippen LogP) is 3.93. The highest BCUT2D eigenvalue weighted by Gasteiger charge is 2.04. The third kappa shape index (κ3) is 3.14. The largest absolute Gasteiger partial charge is 0.465 e. The molecule has 0 saturated carbocycles. The second kappa shape index (κ2) is 5.74. The molecule has 0 spiro atoms. The summed E-state index contributed by atoms with van der Waals surface area (Å²) in [7, 11) is 1.39. The lowest BCUT2D eigenvalue weighted by Gasteiger charge is -2.03. The molecule has 2 rings (SSSR count). The van der Waals surface area contributed by atoms with Crippen molar-refractivity contribution in [3.05, 3.63) is 59.7 Å². The van der Waals surface area contributed by atoms with E-state index < -0.39 is 0 Å². The second-order valence-electron chi connectivity index (χ2n) is 3.93. The number of hydrogen-bond donors (Lipinski definition) is 0. The highest BCUT2D eigenvalue weighted by molar-refractivity contribution is 7.99. The number of esters is 1. The summed E-state index contributed by atoms with van der Waals surface area (Å²) >= 11 is 1.67. The van der Waals surface area contributed by atoms with Crippen molar-refractivity contribution < 1.29 is 9.53 Å². The van der Waals surface area contributed by atoms with Crippen LogP contribution >= 0.6 is 11.8 Å². The molecule has 3 heteroatoms. The van der Waals surface area contributed by atoms with Gasteiger partial charge in [-0.05, 0) is 43.3 Å². The van der Waals surface area contributed by atoms with Crippen molar-refractivity contribution in [3.63, 3.8) is 0 Å². The van der Waals surface area contributed by atoms with E-state index in [1.54, 1.807) is 23.9 Å². The van der Waals surface area contributed by atoms with Gasteiger partial charge in [0.25, 0.3) is 0 Å². The fraction of sp³-hybridized carbons (Fsp3) is 0.133.